The Balaban J connectivity index is 0.953. The molecule has 0 N–H and O–H groups in total. The number of fused-ring (bicyclic) bond motifs is 18. The highest BCUT2D eigenvalue weighted by Gasteiger charge is 2.38. The molecule has 11 heteroatoms. The monoisotopic (exact) mass is 1250 g/mol. The largest absolute Gasteiger partial charge is 0.417 e. The van der Waals surface area contributed by atoms with Crippen LogP contribution in [0.1, 0.15) is 22.9 Å². The Morgan fingerprint density at radius 2 is 0.635 bits per heavy atom. The van der Waals surface area contributed by atoms with Crippen LogP contribution in [0.15, 0.2) is 285 Å². The number of halogens is 5. The summed E-state index contributed by atoms with van der Waals surface area (Å²) in [5.74, 6) is -2.00. The first kappa shape index (κ1) is 54.4. The Labute approximate surface area is 544 Å². The lowest BCUT2D eigenvalue weighted by atomic mass is 9.96. The van der Waals surface area contributed by atoms with Crippen LogP contribution in [-0.2, 0) is 12.6 Å². The molecule has 96 heavy (non-hydrogen) atoms. The molecule has 6 aromatic heterocycles. The van der Waals surface area contributed by atoms with Gasteiger partial charge in [-0.25, -0.2) is 8.78 Å². The molecule has 0 radical (unpaired) electrons. The van der Waals surface area contributed by atoms with Crippen LogP contribution in [0.4, 0.5) is 22.0 Å². The Kier molecular flexibility index (Phi) is 11.4. The van der Waals surface area contributed by atoms with Crippen LogP contribution >= 0.6 is 0 Å². The maximum absolute atomic E-state index is 17.0. The zero-order valence-electron chi connectivity index (χ0n) is 51.1. The number of hydrogen-bond acceptors (Lipinski definition) is 0. The van der Waals surface area contributed by atoms with Gasteiger partial charge in [0.25, 0.3) is 0 Å². The Hall–Kier alpha value is -12.2. The van der Waals surface area contributed by atoms with Gasteiger partial charge < -0.3 is 27.4 Å². The summed E-state index contributed by atoms with van der Waals surface area (Å²) in [6.45, 7) is 0. The lowest BCUT2D eigenvalue weighted by Crippen LogP contribution is -2.17. The van der Waals surface area contributed by atoms with E-state index in [1.54, 1.807) is 0 Å². The molecule has 20 rings (SSSR count). The minimum atomic E-state index is -5.04. The van der Waals surface area contributed by atoms with Crippen molar-refractivity contribution in [3.8, 4) is 39.6 Å². The smallest absolute Gasteiger partial charge is 0.333 e. The third-order valence-electron chi connectivity index (χ3n) is 20.3. The van der Waals surface area contributed by atoms with Crippen molar-refractivity contribution in [3.63, 3.8) is 0 Å². The van der Waals surface area contributed by atoms with Gasteiger partial charge in [0.05, 0.1) is 72.6 Å². The first-order valence-corrected chi connectivity index (χ1v) is 32.2. The number of hydrogen-bond donors (Lipinski definition) is 0. The van der Waals surface area contributed by atoms with Crippen LogP contribution < -0.4 is 0 Å². The number of benzene rings is 13. The summed E-state index contributed by atoms with van der Waals surface area (Å²) < 4.78 is 96.1. The molecular weight excluding hydrogens is 1200 g/mol. The molecule has 1 aliphatic rings. The number of alkyl halides is 3. The molecule has 6 nitrogen and oxygen atoms in total. The first-order valence-electron chi connectivity index (χ1n) is 32.2. The van der Waals surface area contributed by atoms with E-state index in [1.165, 1.54) is 12.1 Å². The highest BCUT2D eigenvalue weighted by molar-refractivity contribution is 6.15. The fourth-order valence-corrected chi connectivity index (χ4v) is 16.4. The van der Waals surface area contributed by atoms with E-state index < -0.39 is 23.4 Å². The molecule has 456 valence electrons. The summed E-state index contributed by atoms with van der Waals surface area (Å²) in [6.07, 6.45) is -0.213. The van der Waals surface area contributed by atoms with Crippen molar-refractivity contribution in [2.45, 2.75) is 18.6 Å². The third kappa shape index (κ3) is 7.79. The first-order chi connectivity index (χ1) is 47.1. The van der Waals surface area contributed by atoms with Crippen molar-refractivity contribution in [2.75, 3.05) is 0 Å². The van der Waals surface area contributed by atoms with E-state index in [0.717, 1.165) is 149 Å². The van der Waals surface area contributed by atoms with Gasteiger partial charge >= 0.3 is 6.18 Å². The second-order valence-corrected chi connectivity index (χ2v) is 25.3. The number of para-hydroxylation sites is 8. The molecule has 0 spiro atoms. The average molecular weight is 1250 g/mol. The van der Waals surface area contributed by atoms with Gasteiger partial charge in [-0.1, -0.05) is 176 Å². The van der Waals surface area contributed by atoms with E-state index in [9.17, 15) is 0 Å². The van der Waals surface area contributed by atoms with Crippen LogP contribution in [0, 0.1) is 11.6 Å². The molecule has 19 aromatic rings. The SMILES string of the molecule is Fc1cc(F)cc(-c2cc(-n3c4c(c5ccc(-n6c7ccccc7c7ccccc76)cc53)C=CC(n3c5ccccc5c5ccccc53)C4)c(-n3c4cc(-n5c6ccccc6c6ccccc65)ccc4c4ccc(-n5c6ccccc6c6ccccc65)cc43)cc2C(F)(F)F)c1. The van der Waals surface area contributed by atoms with Crippen molar-refractivity contribution in [3.05, 3.63) is 314 Å². The number of rotatable bonds is 7. The minimum Gasteiger partial charge on any atom is -0.333 e. The van der Waals surface area contributed by atoms with Gasteiger partial charge in [0.1, 0.15) is 11.6 Å². The van der Waals surface area contributed by atoms with Gasteiger partial charge in [0.2, 0.25) is 0 Å². The van der Waals surface area contributed by atoms with Crippen LogP contribution in [0.2, 0.25) is 0 Å². The van der Waals surface area contributed by atoms with Crippen LogP contribution in [0.5, 0.6) is 0 Å². The van der Waals surface area contributed by atoms with E-state index in [-0.39, 0.29) is 22.9 Å². The highest BCUT2D eigenvalue weighted by Crippen LogP contribution is 2.49. The van der Waals surface area contributed by atoms with Gasteiger partial charge in [0, 0.05) is 111 Å². The van der Waals surface area contributed by atoms with E-state index in [4.69, 9.17) is 0 Å². The second-order valence-electron chi connectivity index (χ2n) is 25.3. The van der Waals surface area contributed by atoms with Crippen LogP contribution in [-0.4, -0.2) is 27.4 Å². The summed E-state index contributed by atoms with van der Waals surface area (Å²) in [5, 5.41) is 11.1. The number of allylic oxidation sites excluding steroid dienone is 1. The van der Waals surface area contributed by atoms with Crippen LogP contribution in [0.25, 0.3) is 166 Å². The fraction of sp³-hybridized carbons (Fsp3) is 0.0353. The lowest BCUT2D eigenvalue weighted by molar-refractivity contribution is -0.137. The molecule has 1 atom stereocenters. The van der Waals surface area contributed by atoms with E-state index in [1.807, 2.05) is 77.4 Å². The van der Waals surface area contributed by atoms with Crippen molar-refractivity contribution in [2.24, 2.45) is 0 Å². The summed E-state index contributed by atoms with van der Waals surface area (Å²) in [5.41, 5.74) is 13.0. The normalized spacial score (nSPS) is 13.7. The Morgan fingerprint density at radius 1 is 0.302 bits per heavy atom. The molecule has 13 aromatic carbocycles. The number of aromatic nitrogens is 6. The topological polar surface area (TPSA) is 29.6 Å². The van der Waals surface area contributed by atoms with Gasteiger partial charge in [0.15, 0.2) is 0 Å². The predicted octanol–water partition coefficient (Wildman–Crippen LogP) is 22.9. The molecule has 0 aliphatic heterocycles. The highest BCUT2D eigenvalue weighted by atomic mass is 19.4. The van der Waals surface area contributed by atoms with Gasteiger partial charge in [-0.05, 0) is 120 Å². The summed E-state index contributed by atoms with van der Waals surface area (Å²) >= 11 is 0. The molecule has 0 saturated carbocycles. The van der Waals surface area contributed by atoms with Crippen LogP contribution in [0.3, 0.4) is 0 Å². The Morgan fingerprint density at radius 3 is 1.03 bits per heavy atom. The standard InChI is InChI=1S/C85H51F5N6/c86-51-41-50(42-52(87)43-51)69-48-83(95-79-44-53(91-71-25-9-1-17-57(71)58-18-2-10-26-72(58)91)33-37-65(79)66-38-34-54(45-80(66)95)92-73-27-11-3-19-59(73)60-20-4-12-28-74(60)92)84(49-70(69)85(88,89)90)96-81-46-55(93-75-29-13-5-21-61(75)62-22-6-14-30-76(62)93)35-39-67(81)68-40-36-56(47-82(68)96)94-77-31-15-7-23-63(77)64-24-8-16-32-78(64)94/h1-44,46-49,54H,45H2. The molecule has 0 fully saturated rings. The molecular formula is C85H51F5N6. The maximum Gasteiger partial charge on any atom is 0.417 e. The predicted molar refractivity (Wildman–Crippen MR) is 382 cm³/mol. The fourth-order valence-electron chi connectivity index (χ4n) is 16.4. The molecule has 0 saturated heterocycles. The van der Waals surface area contributed by atoms with Crippen molar-refractivity contribution >= 4 is 126 Å². The van der Waals surface area contributed by atoms with Gasteiger partial charge in [-0.3, -0.25) is 0 Å². The lowest BCUT2D eigenvalue weighted by Gasteiger charge is -2.26. The average Bonchev–Trinajstić information content (AvgIpc) is 1.52. The molecule has 0 amide bonds. The zero-order valence-corrected chi connectivity index (χ0v) is 51.1. The summed E-state index contributed by atoms with van der Waals surface area (Å²) in [4.78, 5) is 0. The molecule has 0 bridgehead atoms. The van der Waals surface area contributed by atoms with Gasteiger partial charge in [-0.15, -0.1) is 0 Å². The molecule has 1 unspecified atom stereocenters. The second kappa shape index (κ2) is 20.1. The summed E-state index contributed by atoms with van der Waals surface area (Å²) in [7, 11) is 0. The Bertz CT molecular complexity index is 6190. The van der Waals surface area contributed by atoms with E-state index in [0.29, 0.717) is 29.2 Å². The van der Waals surface area contributed by atoms with E-state index in [2.05, 4.69) is 211 Å². The minimum absolute atomic E-state index is 0.201. The van der Waals surface area contributed by atoms with Crippen molar-refractivity contribution in [1.82, 2.24) is 27.4 Å². The quantitative estimate of drug-likeness (QED) is 0.142. The molecule has 1 aliphatic carbocycles. The van der Waals surface area contributed by atoms with Gasteiger partial charge in [-0.2, -0.15) is 13.2 Å². The van der Waals surface area contributed by atoms with Crippen molar-refractivity contribution < 1.29 is 22.0 Å². The third-order valence-corrected chi connectivity index (χ3v) is 20.3. The maximum atomic E-state index is 17.0. The van der Waals surface area contributed by atoms with E-state index >= 15 is 22.0 Å². The number of nitrogens with zero attached hydrogens (tertiary/aromatic N) is 6. The zero-order chi connectivity index (χ0) is 63.8. The molecule has 6 heterocycles. The van der Waals surface area contributed by atoms with Crippen molar-refractivity contribution in [1.29, 1.82) is 0 Å². The summed E-state index contributed by atoms with van der Waals surface area (Å²) in [6, 6.07) is 90.8.